The molecule has 0 heterocycles. The largest absolute Gasteiger partial charge is 0.492 e. The van der Waals surface area contributed by atoms with Gasteiger partial charge in [-0.3, -0.25) is 0 Å². The molecular formula is C12H19NO. The molecule has 0 aliphatic rings. The topological polar surface area (TPSA) is 35.2 Å². The molecule has 0 aromatic heterocycles. The van der Waals surface area contributed by atoms with E-state index < -0.39 is 0 Å². The summed E-state index contributed by atoms with van der Waals surface area (Å²) in [7, 11) is 0. The first-order chi connectivity index (χ1) is 6.45. The molecule has 0 unspecified atom stereocenters. The third-order valence-electron chi connectivity index (χ3n) is 2.18. The average molecular weight is 193 g/mol. The summed E-state index contributed by atoms with van der Waals surface area (Å²) in [6.07, 6.45) is 0. The maximum atomic E-state index is 5.79. The first-order valence-electron chi connectivity index (χ1n) is 4.98. The Balaban J connectivity index is 3.06. The Bertz CT molecular complexity index is 313. The van der Waals surface area contributed by atoms with Crippen molar-refractivity contribution in [2.24, 2.45) is 0 Å². The lowest BCUT2D eigenvalue weighted by Gasteiger charge is -2.20. The lowest BCUT2D eigenvalue weighted by atomic mass is 9.87. The Morgan fingerprint density at radius 3 is 2.43 bits per heavy atom. The molecular weight excluding hydrogens is 174 g/mol. The van der Waals surface area contributed by atoms with Gasteiger partial charge in [0.25, 0.3) is 0 Å². The normalized spacial score (nSPS) is 11.4. The Hall–Kier alpha value is -1.18. The van der Waals surface area contributed by atoms with E-state index in [0.717, 1.165) is 5.75 Å². The zero-order valence-electron chi connectivity index (χ0n) is 9.42. The number of rotatable bonds is 2. The second-order valence-electron chi connectivity index (χ2n) is 4.44. The van der Waals surface area contributed by atoms with Crippen molar-refractivity contribution in [2.45, 2.75) is 33.1 Å². The van der Waals surface area contributed by atoms with Gasteiger partial charge in [0, 0.05) is 0 Å². The number of hydrogen-bond acceptors (Lipinski definition) is 2. The Labute approximate surface area is 86.1 Å². The molecule has 0 saturated carbocycles. The fraction of sp³-hybridized carbons (Fsp3) is 0.500. The van der Waals surface area contributed by atoms with Crippen molar-refractivity contribution in [2.75, 3.05) is 12.3 Å². The fourth-order valence-corrected chi connectivity index (χ4v) is 1.28. The van der Waals surface area contributed by atoms with Gasteiger partial charge >= 0.3 is 0 Å². The van der Waals surface area contributed by atoms with Gasteiger partial charge in [0.1, 0.15) is 5.75 Å². The molecule has 1 rings (SSSR count). The van der Waals surface area contributed by atoms with Crippen molar-refractivity contribution >= 4 is 5.69 Å². The third kappa shape index (κ3) is 2.41. The standard InChI is InChI=1S/C12H19NO/c1-5-14-11-8-9(12(2,3)4)6-7-10(11)13/h6-8H,5,13H2,1-4H3. The zero-order chi connectivity index (χ0) is 10.8. The first-order valence-corrected chi connectivity index (χ1v) is 4.98. The van der Waals surface area contributed by atoms with E-state index >= 15 is 0 Å². The molecule has 0 amide bonds. The molecule has 2 heteroatoms. The van der Waals surface area contributed by atoms with E-state index in [0.29, 0.717) is 12.3 Å². The van der Waals surface area contributed by atoms with Crippen molar-refractivity contribution in [3.05, 3.63) is 23.8 Å². The van der Waals surface area contributed by atoms with Crippen LogP contribution in [0.1, 0.15) is 33.3 Å². The molecule has 0 radical (unpaired) electrons. The van der Waals surface area contributed by atoms with Gasteiger partial charge in [-0.25, -0.2) is 0 Å². The van der Waals surface area contributed by atoms with Crippen molar-refractivity contribution in [1.29, 1.82) is 0 Å². The Kier molecular flexibility index (Phi) is 3.04. The van der Waals surface area contributed by atoms with Crippen LogP contribution in [0.4, 0.5) is 5.69 Å². The molecule has 0 spiro atoms. The molecule has 0 aliphatic carbocycles. The maximum absolute atomic E-state index is 5.79. The van der Waals surface area contributed by atoms with Crippen LogP contribution in [-0.2, 0) is 5.41 Å². The van der Waals surface area contributed by atoms with Gasteiger partial charge in [0.2, 0.25) is 0 Å². The van der Waals surface area contributed by atoms with E-state index in [9.17, 15) is 0 Å². The Morgan fingerprint density at radius 2 is 1.93 bits per heavy atom. The van der Waals surface area contributed by atoms with Crippen LogP contribution in [0.15, 0.2) is 18.2 Å². The SMILES string of the molecule is CCOc1cc(C(C)(C)C)ccc1N. The van der Waals surface area contributed by atoms with Gasteiger partial charge in [-0.1, -0.05) is 26.8 Å². The quantitative estimate of drug-likeness (QED) is 0.733. The lowest BCUT2D eigenvalue weighted by Crippen LogP contribution is -2.11. The monoisotopic (exact) mass is 193 g/mol. The molecule has 0 bridgehead atoms. The minimum absolute atomic E-state index is 0.138. The number of ether oxygens (including phenoxy) is 1. The van der Waals surface area contributed by atoms with Crippen LogP contribution >= 0.6 is 0 Å². The smallest absolute Gasteiger partial charge is 0.142 e. The molecule has 14 heavy (non-hydrogen) atoms. The number of benzene rings is 1. The first kappa shape index (κ1) is 10.9. The number of nitrogen functional groups attached to an aromatic ring is 1. The highest BCUT2D eigenvalue weighted by Crippen LogP contribution is 2.29. The lowest BCUT2D eigenvalue weighted by molar-refractivity contribution is 0.341. The molecule has 0 saturated heterocycles. The van der Waals surface area contributed by atoms with Gasteiger partial charge in [-0.05, 0) is 30.0 Å². The van der Waals surface area contributed by atoms with Crippen LogP contribution in [0.5, 0.6) is 5.75 Å². The number of nitrogens with two attached hydrogens (primary N) is 1. The van der Waals surface area contributed by atoms with Crippen LogP contribution in [0, 0.1) is 0 Å². The molecule has 0 fully saturated rings. The molecule has 2 nitrogen and oxygen atoms in total. The summed E-state index contributed by atoms with van der Waals surface area (Å²) in [5, 5.41) is 0. The maximum Gasteiger partial charge on any atom is 0.142 e. The van der Waals surface area contributed by atoms with Gasteiger partial charge in [0.05, 0.1) is 12.3 Å². The number of anilines is 1. The third-order valence-corrected chi connectivity index (χ3v) is 2.18. The van der Waals surface area contributed by atoms with Crippen LogP contribution < -0.4 is 10.5 Å². The molecule has 78 valence electrons. The minimum atomic E-state index is 0.138. The summed E-state index contributed by atoms with van der Waals surface area (Å²) in [5.41, 5.74) is 7.89. The van der Waals surface area contributed by atoms with E-state index in [1.165, 1.54) is 5.56 Å². The van der Waals surface area contributed by atoms with E-state index in [1.807, 2.05) is 19.1 Å². The van der Waals surface area contributed by atoms with Crippen molar-refractivity contribution in [3.63, 3.8) is 0 Å². The summed E-state index contributed by atoms with van der Waals surface area (Å²) in [6.45, 7) is 9.14. The zero-order valence-corrected chi connectivity index (χ0v) is 9.42. The fourth-order valence-electron chi connectivity index (χ4n) is 1.28. The Morgan fingerprint density at radius 1 is 1.29 bits per heavy atom. The summed E-state index contributed by atoms with van der Waals surface area (Å²) in [5.74, 6) is 0.792. The second-order valence-corrected chi connectivity index (χ2v) is 4.44. The van der Waals surface area contributed by atoms with Gasteiger partial charge in [-0.15, -0.1) is 0 Å². The predicted octanol–water partition coefficient (Wildman–Crippen LogP) is 2.97. The molecule has 0 aliphatic heterocycles. The van der Waals surface area contributed by atoms with Crippen LogP contribution in [-0.4, -0.2) is 6.61 Å². The summed E-state index contributed by atoms with van der Waals surface area (Å²) in [6, 6.07) is 5.99. The highest BCUT2D eigenvalue weighted by molar-refractivity contribution is 5.54. The second kappa shape index (κ2) is 3.91. The number of hydrogen-bond donors (Lipinski definition) is 1. The van der Waals surface area contributed by atoms with E-state index in [4.69, 9.17) is 10.5 Å². The molecule has 2 N–H and O–H groups in total. The molecule has 1 aromatic carbocycles. The van der Waals surface area contributed by atoms with E-state index in [2.05, 4.69) is 26.8 Å². The van der Waals surface area contributed by atoms with Gasteiger partial charge in [-0.2, -0.15) is 0 Å². The van der Waals surface area contributed by atoms with Crippen LogP contribution in [0.25, 0.3) is 0 Å². The van der Waals surface area contributed by atoms with Crippen LogP contribution in [0.2, 0.25) is 0 Å². The van der Waals surface area contributed by atoms with Crippen molar-refractivity contribution in [1.82, 2.24) is 0 Å². The van der Waals surface area contributed by atoms with Crippen molar-refractivity contribution < 1.29 is 4.74 Å². The summed E-state index contributed by atoms with van der Waals surface area (Å²) in [4.78, 5) is 0. The van der Waals surface area contributed by atoms with Crippen LogP contribution in [0.3, 0.4) is 0 Å². The van der Waals surface area contributed by atoms with E-state index in [-0.39, 0.29) is 5.41 Å². The minimum Gasteiger partial charge on any atom is -0.492 e. The summed E-state index contributed by atoms with van der Waals surface area (Å²) < 4.78 is 5.45. The molecule has 0 atom stereocenters. The van der Waals surface area contributed by atoms with Crippen molar-refractivity contribution in [3.8, 4) is 5.75 Å². The molecule has 1 aromatic rings. The van der Waals surface area contributed by atoms with Gasteiger partial charge < -0.3 is 10.5 Å². The van der Waals surface area contributed by atoms with E-state index in [1.54, 1.807) is 0 Å². The highest BCUT2D eigenvalue weighted by atomic mass is 16.5. The van der Waals surface area contributed by atoms with Gasteiger partial charge in [0.15, 0.2) is 0 Å². The highest BCUT2D eigenvalue weighted by Gasteiger charge is 2.15. The average Bonchev–Trinajstić information content (AvgIpc) is 2.07. The summed E-state index contributed by atoms with van der Waals surface area (Å²) >= 11 is 0. The predicted molar refractivity (Wildman–Crippen MR) is 60.7 cm³/mol.